The Kier molecular flexibility index (Phi) is 3.62. The maximum atomic E-state index is 9.41. The number of hydrogen-bond acceptors (Lipinski definition) is 2. The molecule has 1 saturated carbocycles. The lowest BCUT2D eigenvalue weighted by atomic mass is 9.92. The molecule has 2 heteroatoms. The van der Waals surface area contributed by atoms with Crippen molar-refractivity contribution in [3.8, 4) is 0 Å². The van der Waals surface area contributed by atoms with Crippen LogP contribution < -0.4 is 5.73 Å². The van der Waals surface area contributed by atoms with Gasteiger partial charge in [0.1, 0.15) is 0 Å². The van der Waals surface area contributed by atoms with E-state index in [0.717, 1.165) is 12.3 Å². The predicted molar refractivity (Wildman–Crippen MR) is 66.5 cm³/mol. The zero-order valence-electron chi connectivity index (χ0n) is 9.89. The van der Waals surface area contributed by atoms with Gasteiger partial charge in [0, 0.05) is 0 Å². The zero-order chi connectivity index (χ0) is 11.5. The van der Waals surface area contributed by atoms with E-state index in [1.54, 1.807) is 0 Å². The third-order valence-electron chi connectivity index (χ3n) is 3.37. The van der Waals surface area contributed by atoms with Crippen LogP contribution in [0.15, 0.2) is 24.3 Å². The monoisotopic (exact) mass is 219 g/mol. The lowest BCUT2D eigenvalue weighted by molar-refractivity contribution is 0.175. The molecule has 2 nitrogen and oxygen atoms in total. The molecule has 0 spiro atoms. The zero-order valence-corrected chi connectivity index (χ0v) is 9.89. The van der Waals surface area contributed by atoms with Gasteiger partial charge >= 0.3 is 0 Å². The van der Waals surface area contributed by atoms with Crippen LogP contribution in [0.2, 0.25) is 0 Å². The SMILES string of the molecule is CC(O)CC(CN)c1ccc(C2CC2)cc1. The van der Waals surface area contributed by atoms with Gasteiger partial charge < -0.3 is 10.8 Å². The minimum absolute atomic E-state index is 0.281. The Morgan fingerprint density at radius 1 is 1.31 bits per heavy atom. The summed E-state index contributed by atoms with van der Waals surface area (Å²) in [6.45, 7) is 2.43. The van der Waals surface area contributed by atoms with Crippen molar-refractivity contribution < 1.29 is 5.11 Å². The maximum Gasteiger partial charge on any atom is 0.0518 e. The van der Waals surface area contributed by atoms with Gasteiger partial charge in [-0.05, 0) is 55.7 Å². The first-order chi connectivity index (χ1) is 7.70. The highest BCUT2D eigenvalue weighted by Crippen LogP contribution is 2.40. The van der Waals surface area contributed by atoms with Crippen molar-refractivity contribution in [3.05, 3.63) is 35.4 Å². The summed E-state index contributed by atoms with van der Waals surface area (Å²) in [7, 11) is 0. The largest absolute Gasteiger partial charge is 0.393 e. The molecule has 0 aromatic heterocycles. The summed E-state index contributed by atoms with van der Waals surface area (Å²) in [6.07, 6.45) is 3.15. The average Bonchev–Trinajstić information content (AvgIpc) is 3.10. The van der Waals surface area contributed by atoms with E-state index in [-0.39, 0.29) is 12.0 Å². The summed E-state index contributed by atoms with van der Waals surface area (Å²) in [5.74, 6) is 1.09. The topological polar surface area (TPSA) is 46.2 Å². The fourth-order valence-corrected chi connectivity index (χ4v) is 2.24. The first kappa shape index (κ1) is 11.6. The first-order valence-corrected chi connectivity index (χ1v) is 6.18. The highest BCUT2D eigenvalue weighted by atomic mass is 16.3. The van der Waals surface area contributed by atoms with Gasteiger partial charge in [0.2, 0.25) is 0 Å². The van der Waals surface area contributed by atoms with Crippen LogP contribution in [0.3, 0.4) is 0 Å². The lowest BCUT2D eigenvalue weighted by Gasteiger charge is -2.17. The minimum atomic E-state index is -0.281. The first-order valence-electron chi connectivity index (χ1n) is 6.18. The number of aliphatic hydroxyl groups is 1. The van der Waals surface area contributed by atoms with Crippen molar-refractivity contribution in [2.75, 3.05) is 6.54 Å². The summed E-state index contributed by atoms with van der Waals surface area (Å²) in [4.78, 5) is 0. The Hall–Kier alpha value is -0.860. The van der Waals surface area contributed by atoms with Crippen LogP contribution in [-0.4, -0.2) is 17.8 Å². The normalized spacial score (nSPS) is 19.4. The molecule has 0 heterocycles. The molecule has 2 unspecified atom stereocenters. The highest BCUT2D eigenvalue weighted by molar-refractivity contribution is 5.30. The van der Waals surface area contributed by atoms with E-state index >= 15 is 0 Å². The van der Waals surface area contributed by atoms with E-state index < -0.39 is 0 Å². The van der Waals surface area contributed by atoms with E-state index in [9.17, 15) is 5.11 Å². The van der Waals surface area contributed by atoms with E-state index in [1.807, 2.05) is 6.92 Å². The molecule has 0 aliphatic heterocycles. The smallest absolute Gasteiger partial charge is 0.0518 e. The van der Waals surface area contributed by atoms with Crippen molar-refractivity contribution in [3.63, 3.8) is 0 Å². The van der Waals surface area contributed by atoms with E-state index in [0.29, 0.717) is 6.54 Å². The summed E-state index contributed by atoms with van der Waals surface area (Å²) < 4.78 is 0. The molecule has 3 N–H and O–H groups in total. The lowest BCUT2D eigenvalue weighted by Crippen LogP contribution is -2.17. The molecular formula is C14H21NO. The van der Waals surface area contributed by atoms with Gasteiger partial charge in [-0.2, -0.15) is 0 Å². The van der Waals surface area contributed by atoms with E-state index in [2.05, 4.69) is 24.3 Å². The third-order valence-corrected chi connectivity index (χ3v) is 3.37. The van der Waals surface area contributed by atoms with Gasteiger partial charge in [0.05, 0.1) is 6.10 Å². The molecule has 16 heavy (non-hydrogen) atoms. The second-order valence-corrected chi connectivity index (χ2v) is 4.96. The van der Waals surface area contributed by atoms with Crippen LogP contribution in [0, 0.1) is 0 Å². The van der Waals surface area contributed by atoms with Gasteiger partial charge in [-0.3, -0.25) is 0 Å². The number of hydrogen-bond donors (Lipinski definition) is 2. The van der Waals surface area contributed by atoms with Crippen LogP contribution in [0.5, 0.6) is 0 Å². The summed E-state index contributed by atoms with van der Waals surface area (Å²) in [5, 5.41) is 9.41. The Morgan fingerprint density at radius 2 is 1.94 bits per heavy atom. The summed E-state index contributed by atoms with van der Waals surface area (Å²) in [6, 6.07) is 8.79. The van der Waals surface area contributed by atoms with Crippen molar-refractivity contribution in [1.82, 2.24) is 0 Å². The van der Waals surface area contributed by atoms with Crippen LogP contribution >= 0.6 is 0 Å². The van der Waals surface area contributed by atoms with Gasteiger partial charge in [-0.15, -0.1) is 0 Å². The van der Waals surface area contributed by atoms with Crippen molar-refractivity contribution in [2.45, 2.75) is 44.1 Å². The summed E-state index contributed by atoms with van der Waals surface area (Å²) in [5.41, 5.74) is 8.46. The van der Waals surface area contributed by atoms with Crippen LogP contribution in [0.25, 0.3) is 0 Å². The molecule has 2 atom stereocenters. The Balaban J connectivity index is 2.05. The number of benzene rings is 1. The molecule has 0 amide bonds. The third kappa shape index (κ3) is 2.83. The van der Waals surface area contributed by atoms with Crippen molar-refractivity contribution in [2.24, 2.45) is 5.73 Å². The van der Waals surface area contributed by atoms with Crippen LogP contribution in [-0.2, 0) is 0 Å². The van der Waals surface area contributed by atoms with Crippen LogP contribution in [0.1, 0.15) is 49.1 Å². The molecule has 1 aromatic rings. The number of nitrogens with two attached hydrogens (primary N) is 1. The number of rotatable bonds is 5. The molecule has 2 rings (SSSR count). The fraction of sp³-hybridized carbons (Fsp3) is 0.571. The molecule has 1 aliphatic rings. The van der Waals surface area contributed by atoms with Crippen LogP contribution in [0.4, 0.5) is 0 Å². The Bertz CT molecular complexity index is 327. The van der Waals surface area contributed by atoms with Crippen molar-refractivity contribution in [1.29, 1.82) is 0 Å². The second-order valence-electron chi connectivity index (χ2n) is 4.96. The Labute approximate surface area is 97.5 Å². The number of aliphatic hydroxyl groups excluding tert-OH is 1. The standard InChI is InChI=1S/C14H21NO/c1-10(16)8-14(9-15)13-6-4-12(5-7-13)11-2-3-11/h4-7,10-11,14,16H,2-3,8-9,15H2,1H3. The molecular weight excluding hydrogens is 198 g/mol. The second kappa shape index (κ2) is 4.98. The molecule has 0 radical (unpaired) electrons. The fourth-order valence-electron chi connectivity index (χ4n) is 2.24. The van der Waals surface area contributed by atoms with Gasteiger partial charge in [-0.25, -0.2) is 0 Å². The molecule has 88 valence electrons. The molecule has 1 aliphatic carbocycles. The molecule has 0 saturated heterocycles. The molecule has 0 bridgehead atoms. The van der Waals surface area contributed by atoms with Crippen molar-refractivity contribution >= 4 is 0 Å². The highest BCUT2D eigenvalue weighted by Gasteiger charge is 2.23. The predicted octanol–water partition coefficient (Wildman–Crippen LogP) is 2.38. The molecule has 1 aromatic carbocycles. The minimum Gasteiger partial charge on any atom is -0.393 e. The van der Waals surface area contributed by atoms with E-state index in [1.165, 1.54) is 24.0 Å². The molecule has 1 fully saturated rings. The summed E-state index contributed by atoms with van der Waals surface area (Å²) >= 11 is 0. The average molecular weight is 219 g/mol. The quantitative estimate of drug-likeness (QED) is 0.798. The van der Waals surface area contributed by atoms with Gasteiger partial charge in [0.25, 0.3) is 0 Å². The van der Waals surface area contributed by atoms with Gasteiger partial charge in [-0.1, -0.05) is 24.3 Å². The van der Waals surface area contributed by atoms with E-state index in [4.69, 9.17) is 5.73 Å². The maximum absolute atomic E-state index is 9.41. The van der Waals surface area contributed by atoms with Gasteiger partial charge in [0.15, 0.2) is 0 Å². The Morgan fingerprint density at radius 3 is 2.38 bits per heavy atom.